The highest BCUT2D eigenvalue weighted by molar-refractivity contribution is 7.97. The summed E-state index contributed by atoms with van der Waals surface area (Å²) in [7, 11) is 2.06. The summed E-state index contributed by atoms with van der Waals surface area (Å²) in [5, 5.41) is 1.21. The predicted molar refractivity (Wildman–Crippen MR) is 64.6 cm³/mol. The highest BCUT2D eigenvalue weighted by Crippen LogP contribution is 2.28. The molecule has 0 atom stereocenters. The molecule has 0 radical (unpaired) electrons. The van der Waals surface area contributed by atoms with Crippen molar-refractivity contribution in [1.29, 1.82) is 0 Å². The van der Waals surface area contributed by atoms with E-state index in [1.54, 1.807) is 0 Å². The molecule has 0 aliphatic carbocycles. The monoisotopic (exact) mass is 206 g/mol. The highest BCUT2D eigenvalue weighted by atomic mass is 32.2. The summed E-state index contributed by atoms with van der Waals surface area (Å²) in [6.07, 6.45) is 4.27. The topological polar surface area (TPSA) is 30.9 Å². The molecule has 0 unspecified atom stereocenters. The van der Waals surface area contributed by atoms with E-state index in [0.29, 0.717) is 0 Å². The van der Waals surface area contributed by atoms with Crippen LogP contribution in [0.3, 0.4) is 0 Å². The molecule has 0 amide bonds. The molecule has 0 fully saturated rings. The molecular formula is C11H14N2S. The van der Waals surface area contributed by atoms with Crippen LogP contribution in [0.4, 0.5) is 5.69 Å². The summed E-state index contributed by atoms with van der Waals surface area (Å²) in [6, 6.07) is 6.07. The number of nitrogens with two attached hydrogens (primary N) is 1. The first-order valence-electron chi connectivity index (χ1n) is 4.55. The molecule has 0 saturated heterocycles. The third-order valence-electron chi connectivity index (χ3n) is 2.43. The largest absolute Gasteiger partial charge is 0.398 e. The molecular weight excluding hydrogens is 192 g/mol. The fourth-order valence-corrected chi connectivity index (χ4v) is 2.36. The Kier molecular flexibility index (Phi) is 2.42. The number of hydrogen-bond donors (Lipinski definition) is 1. The number of benzene rings is 1. The lowest BCUT2D eigenvalue weighted by molar-refractivity contribution is 0.963. The van der Waals surface area contributed by atoms with Gasteiger partial charge in [0.25, 0.3) is 0 Å². The van der Waals surface area contributed by atoms with E-state index >= 15 is 0 Å². The van der Waals surface area contributed by atoms with E-state index in [9.17, 15) is 0 Å². The number of fused-ring (bicyclic) bond motifs is 1. The van der Waals surface area contributed by atoms with Crippen molar-refractivity contribution in [2.75, 3.05) is 12.0 Å². The van der Waals surface area contributed by atoms with Gasteiger partial charge in [-0.2, -0.15) is 11.8 Å². The minimum atomic E-state index is 0.882. The van der Waals surface area contributed by atoms with Crippen molar-refractivity contribution in [3.8, 4) is 0 Å². The Balaban J connectivity index is 2.72. The molecule has 0 spiro atoms. The molecule has 3 heteroatoms. The van der Waals surface area contributed by atoms with Crippen molar-refractivity contribution < 1.29 is 0 Å². The highest BCUT2D eigenvalue weighted by Gasteiger charge is 2.07. The van der Waals surface area contributed by atoms with Crippen LogP contribution in [0.25, 0.3) is 10.9 Å². The molecule has 1 heterocycles. The molecule has 0 aliphatic heterocycles. The average Bonchev–Trinajstić information content (AvgIpc) is 2.46. The number of aromatic nitrogens is 1. The summed E-state index contributed by atoms with van der Waals surface area (Å²) in [5.74, 6) is 1.02. The third-order valence-corrected chi connectivity index (χ3v) is 3.02. The van der Waals surface area contributed by atoms with E-state index in [-0.39, 0.29) is 0 Å². The molecule has 0 saturated carbocycles. The van der Waals surface area contributed by atoms with Crippen LogP contribution in [0.1, 0.15) is 5.56 Å². The van der Waals surface area contributed by atoms with E-state index in [2.05, 4.69) is 30.1 Å². The van der Waals surface area contributed by atoms with Gasteiger partial charge in [-0.1, -0.05) is 6.07 Å². The second-order valence-corrected chi connectivity index (χ2v) is 4.31. The Hall–Kier alpha value is -1.09. The van der Waals surface area contributed by atoms with Crippen molar-refractivity contribution in [2.24, 2.45) is 7.05 Å². The van der Waals surface area contributed by atoms with Crippen molar-refractivity contribution >= 4 is 28.4 Å². The maximum atomic E-state index is 5.98. The van der Waals surface area contributed by atoms with E-state index in [0.717, 1.165) is 11.4 Å². The molecule has 1 aromatic heterocycles. The number of anilines is 1. The summed E-state index contributed by atoms with van der Waals surface area (Å²) >= 11 is 1.82. The molecule has 74 valence electrons. The minimum Gasteiger partial charge on any atom is -0.398 e. The van der Waals surface area contributed by atoms with Gasteiger partial charge in [0.2, 0.25) is 0 Å². The van der Waals surface area contributed by atoms with Crippen LogP contribution in [0.15, 0.2) is 24.4 Å². The van der Waals surface area contributed by atoms with Gasteiger partial charge in [-0.15, -0.1) is 0 Å². The Labute approximate surface area is 88.1 Å². The number of thioether (sulfide) groups is 1. The van der Waals surface area contributed by atoms with Gasteiger partial charge in [0, 0.05) is 30.1 Å². The van der Waals surface area contributed by atoms with Gasteiger partial charge in [0.05, 0.1) is 5.52 Å². The first-order chi connectivity index (χ1) is 6.74. The maximum Gasteiger partial charge on any atom is 0.0501 e. The average molecular weight is 206 g/mol. The number of nitrogens with zero attached hydrogens (tertiary/aromatic N) is 1. The Morgan fingerprint density at radius 3 is 2.93 bits per heavy atom. The predicted octanol–water partition coefficient (Wildman–Crippen LogP) is 2.62. The van der Waals surface area contributed by atoms with Gasteiger partial charge in [0.1, 0.15) is 0 Å². The van der Waals surface area contributed by atoms with E-state index in [4.69, 9.17) is 5.73 Å². The first kappa shape index (κ1) is 9.46. The standard InChI is InChI=1S/C11H14N2S/c1-13-6-8(7-14-2)11-9(12)4-3-5-10(11)13/h3-6H,7,12H2,1-2H3. The fourth-order valence-electron chi connectivity index (χ4n) is 1.83. The van der Waals surface area contributed by atoms with Crippen LogP contribution < -0.4 is 5.73 Å². The second-order valence-electron chi connectivity index (χ2n) is 3.44. The van der Waals surface area contributed by atoms with Crippen LogP contribution in [0, 0.1) is 0 Å². The summed E-state index contributed by atoms with van der Waals surface area (Å²) in [4.78, 5) is 0. The zero-order chi connectivity index (χ0) is 10.1. The SMILES string of the molecule is CSCc1cn(C)c2cccc(N)c12. The smallest absolute Gasteiger partial charge is 0.0501 e. The van der Waals surface area contributed by atoms with Crippen LogP contribution in [0.5, 0.6) is 0 Å². The van der Waals surface area contributed by atoms with Gasteiger partial charge in [-0.05, 0) is 24.0 Å². The van der Waals surface area contributed by atoms with Crippen LogP contribution >= 0.6 is 11.8 Å². The van der Waals surface area contributed by atoms with Crippen LogP contribution in [-0.2, 0) is 12.8 Å². The van der Waals surface area contributed by atoms with Crippen LogP contribution in [-0.4, -0.2) is 10.8 Å². The molecule has 14 heavy (non-hydrogen) atoms. The van der Waals surface area contributed by atoms with E-state index in [1.807, 2.05) is 23.9 Å². The summed E-state index contributed by atoms with van der Waals surface area (Å²) in [6.45, 7) is 0. The zero-order valence-corrected chi connectivity index (χ0v) is 9.27. The molecule has 1 aromatic carbocycles. The summed E-state index contributed by atoms with van der Waals surface area (Å²) < 4.78 is 2.14. The molecule has 2 nitrogen and oxygen atoms in total. The first-order valence-corrected chi connectivity index (χ1v) is 5.94. The van der Waals surface area contributed by atoms with Gasteiger partial charge >= 0.3 is 0 Å². The van der Waals surface area contributed by atoms with Gasteiger partial charge in [-0.3, -0.25) is 0 Å². The molecule has 2 rings (SSSR count). The normalized spacial score (nSPS) is 11.0. The lowest BCUT2D eigenvalue weighted by Crippen LogP contribution is -1.88. The number of hydrogen-bond acceptors (Lipinski definition) is 2. The lowest BCUT2D eigenvalue weighted by atomic mass is 10.1. The Bertz CT molecular complexity index is 460. The van der Waals surface area contributed by atoms with E-state index < -0.39 is 0 Å². The van der Waals surface area contributed by atoms with Gasteiger partial charge in [-0.25, -0.2) is 0 Å². The molecule has 2 aromatic rings. The quantitative estimate of drug-likeness (QED) is 0.766. The van der Waals surface area contributed by atoms with Gasteiger partial charge in [0.15, 0.2) is 0 Å². The maximum absolute atomic E-state index is 5.98. The Morgan fingerprint density at radius 1 is 1.43 bits per heavy atom. The number of rotatable bonds is 2. The third kappa shape index (κ3) is 1.38. The molecule has 0 bridgehead atoms. The zero-order valence-electron chi connectivity index (χ0n) is 8.45. The summed E-state index contributed by atoms with van der Waals surface area (Å²) in [5.41, 5.74) is 9.40. The Morgan fingerprint density at radius 2 is 2.21 bits per heavy atom. The molecule has 0 aliphatic rings. The van der Waals surface area contributed by atoms with E-state index in [1.165, 1.54) is 16.5 Å². The number of nitrogen functional groups attached to an aromatic ring is 1. The van der Waals surface area contributed by atoms with Crippen molar-refractivity contribution in [3.05, 3.63) is 30.0 Å². The van der Waals surface area contributed by atoms with Gasteiger partial charge < -0.3 is 10.3 Å². The van der Waals surface area contributed by atoms with Crippen molar-refractivity contribution in [2.45, 2.75) is 5.75 Å². The number of aryl methyl sites for hydroxylation is 1. The molecule has 2 N–H and O–H groups in total. The van der Waals surface area contributed by atoms with Crippen molar-refractivity contribution in [1.82, 2.24) is 4.57 Å². The lowest BCUT2D eigenvalue weighted by Gasteiger charge is -1.99. The fraction of sp³-hybridized carbons (Fsp3) is 0.273. The second kappa shape index (κ2) is 3.58. The van der Waals surface area contributed by atoms with Crippen LogP contribution in [0.2, 0.25) is 0 Å². The van der Waals surface area contributed by atoms with Crippen molar-refractivity contribution in [3.63, 3.8) is 0 Å². The minimum absolute atomic E-state index is 0.882.